The van der Waals surface area contributed by atoms with Crippen LogP contribution in [0.2, 0.25) is 0 Å². The minimum absolute atomic E-state index is 0.198. The van der Waals surface area contributed by atoms with Crippen molar-refractivity contribution >= 4 is 7.48 Å². The Kier molecular flexibility index (Phi) is 2.12. The Labute approximate surface area is 49.4 Å². The molecular formula is C5H9BO2. The molecule has 1 rings (SSSR count). The molecule has 3 heteroatoms. The highest BCUT2D eigenvalue weighted by molar-refractivity contribution is 6.36. The molecule has 0 radical (unpaired) electrons. The summed E-state index contributed by atoms with van der Waals surface area (Å²) in [5.74, 6) is 0. The van der Waals surface area contributed by atoms with Gasteiger partial charge in [-0.3, -0.25) is 0 Å². The summed E-state index contributed by atoms with van der Waals surface area (Å²) in [6, 6.07) is 0. The van der Waals surface area contributed by atoms with Crippen molar-refractivity contribution in [2.75, 3.05) is 13.2 Å². The maximum Gasteiger partial charge on any atom is 0.300 e. The average molecular weight is 112 g/mol. The predicted octanol–water partition coefficient (Wildman–Crippen LogP) is -0.366. The normalized spacial score (nSPS) is 19.9. The Morgan fingerprint density at radius 1 is 1.75 bits per heavy atom. The van der Waals surface area contributed by atoms with Crippen LogP contribution in [0.25, 0.3) is 0 Å². The van der Waals surface area contributed by atoms with E-state index >= 15 is 0 Å². The van der Waals surface area contributed by atoms with E-state index < -0.39 is 0 Å². The van der Waals surface area contributed by atoms with E-state index in [4.69, 9.17) is 9.76 Å². The Balaban J connectivity index is 2.37. The van der Waals surface area contributed by atoms with E-state index in [1.54, 1.807) is 0 Å². The molecule has 44 valence electrons. The number of hydrogen-bond acceptors (Lipinski definition) is 2. The van der Waals surface area contributed by atoms with Crippen molar-refractivity contribution in [2.45, 2.75) is 6.42 Å². The third-order valence-corrected chi connectivity index (χ3v) is 1.26. The van der Waals surface area contributed by atoms with Crippen LogP contribution in [0.5, 0.6) is 0 Å². The van der Waals surface area contributed by atoms with E-state index in [-0.39, 0.29) is 7.48 Å². The summed E-state index contributed by atoms with van der Waals surface area (Å²) in [7, 11) is 0.198. The molecule has 0 fully saturated rings. The first kappa shape index (κ1) is 5.85. The smallest absolute Gasteiger partial charge is 0.300 e. The van der Waals surface area contributed by atoms with Crippen LogP contribution in [0.15, 0.2) is 11.5 Å². The molecule has 8 heavy (non-hydrogen) atoms. The maximum absolute atomic E-state index is 8.57. The van der Waals surface area contributed by atoms with E-state index in [0.717, 1.165) is 18.5 Å². The SMILES string of the molecule is OBC1=CCOCC1. The molecule has 0 amide bonds. The molecule has 1 aliphatic heterocycles. The Morgan fingerprint density at radius 3 is 3.00 bits per heavy atom. The Bertz CT molecular complexity index is 101. The van der Waals surface area contributed by atoms with Gasteiger partial charge in [0.1, 0.15) is 0 Å². The van der Waals surface area contributed by atoms with E-state index in [2.05, 4.69) is 0 Å². The van der Waals surface area contributed by atoms with E-state index in [0.29, 0.717) is 6.61 Å². The first-order chi connectivity index (χ1) is 3.93. The molecule has 0 aromatic heterocycles. The zero-order valence-corrected chi connectivity index (χ0v) is 4.76. The molecule has 0 bridgehead atoms. The van der Waals surface area contributed by atoms with Crippen molar-refractivity contribution in [3.8, 4) is 0 Å². The summed E-state index contributed by atoms with van der Waals surface area (Å²) in [5, 5.41) is 8.57. The lowest BCUT2D eigenvalue weighted by Crippen LogP contribution is -2.08. The van der Waals surface area contributed by atoms with Crippen LogP contribution >= 0.6 is 0 Å². The van der Waals surface area contributed by atoms with Gasteiger partial charge >= 0.3 is 7.48 Å². The van der Waals surface area contributed by atoms with E-state index in [1.165, 1.54) is 0 Å². The lowest BCUT2D eigenvalue weighted by molar-refractivity contribution is 0.156. The first-order valence-electron chi connectivity index (χ1n) is 2.80. The van der Waals surface area contributed by atoms with Gasteiger partial charge in [0.05, 0.1) is 13.2 Å². The van der Waals surface area contributed by atoms with Gasteiger partial charge in [0.15, 0.2) is 0 Å². The third kappa shape index (κ3) is 1.35. The van der Waals surface area contributed by atoms with Crippen LogP contribution in [-0.2, 0) is 4.74 Å². The molecule has 0 saturated heterocycles. The minimum atomic E-state index is 0.198. The summed E-state index contributed by atoms with van der Waals surface area (Å²) in [4.78, 5) is 0. The fourth-order valence-electron chi connectivity index (χ4n) is 0.709. The van der Waals surface area contributed by atoms with Gasteiger partial charge in [-0.05, 0) is 6.42 Å². The monoisotopic (exact) mass is 112 g/mol. The molecule has 1 N–H and O–H groups in total. The minimum Gasteiger partial charge on any atom is -0.449 e. The largest absolute Gasteiger partial charge is 0.449 e. The highest BCUT2D eigenvalue weighted by Gasteiger charge is 2.01. The van der Waals surface area contributed by atoms with Crippen molar-refractivity contribution in [3.63, 3.8) is 0 Å². The average Bonchev–Trinajstić information content (AvgIpc) is 1.90. The molecular weight excluding hydrogens is 103 g/mol. The fraction of sp³-hybridized carbons (Fsp3) is 0.600. The summed E-state index contributed by atoms with van der Waals surface area (Å²) < 4.78 is 5.01. The van der Waals surface area contributed by atoms with Crippen LogP contribution in [0.1, 0.15) is 6.42 Å². The van der Waals surface area contributed by atoms with Gasteiger partial charge in [-0.2, -0.15) is 0 Å². The van der Waals surface area contributed by atoms with Crippen molar-refractivity contribution < 1.29 is 9.76 Å². The molecule has 0 aromatic carbocycles. The molecule has 2 nitrogen and oxygen atoms in total. The van der Waals surface area contributed by atoms with Gasteiger partial charge in [0, 0.05) is 0 Å². The highest BCUT2D eigenvalue weighted by atomic mass is 16.5. The number of rotatable bonds is 1. The van der Waals surface area contributed by atoms with E-state index in [9.17, 15) is 0 Å². The standard InChI is InChI=1S/C5H9BO2/c7-6-5-1-3-8-4-2-5/h1,6-7H,2-4H2. The lowest BCUT2D eigenvalue weighted by Gasteiger charge is -2.09. The molecule has 0 unspecified atom stereocenters. The molecule has 0 spiro atoms. The van der Waals surface area contributed by atoms with Gasteiger partial charge in [-0.25, -0.2) is 0 Å². The van der Waals surface area contributed by atoms with E-state index in [1.807, 2.05) is 6.08 Å². The predicted molar refractivity (Wildman–Crippen MR) is 32.9 cm³/mol. The van der Waals surface area contributed by atoms with Gasteiger partial charge in [-0.1, -0.05) is 11.5 Å². The van der Waals surface area contributed by atoms with Crippen LogP contribution < -0.4 is 0 Å². The van der Waals surface area contributed by atoms with Gasteiger partial charge in [-0.15, -0.1) is 0 Å². The molecule has 0 atom stereocenters. The van der Waals surface area contributed by atoms with Crippen molar-refractivity contribution in [2.24, 2.45) is 0 Å². The molecule has 1 heterocycles. The van der Waals surface area contributed by atoms with Gasteiger partial charge < -0.3 is 9.76 Å². The second kappa shape index (κ2) is 2.90. The summed E-state index contributed by atoms with van der Waals surface area (Å²) in [5.41, 5.74) is 1.11. The van der Waals surface area contributed by atoms with Crippen molar-refractivity contribution in [1.82, 2.24) is 0 Å². The second-order valence-corrected chi connectivity index (χ2v) is 1.85. The summed E-state index contributed by atoms with van der Waals surface area (Å²) >= 11 is 0. The molecule has 0 saturated carbocycles. The molecule has 0 aliphatic carbocycles. The maximum atomic E-state index is 8.57. The highest BCUT2D eigenvalue weighted by Crippen LogP contribution is 2.03. The van der Waals surface area contributed by atoms with Crippen molar-refractivity contribution in [3.05, 3.63) is 11.5 Å². The van der Waals surface area contributed by atoms with Gasteiger partial charge in [0.25, 0.3) is 0 Å². The molecule has 0 aromatic rings. The van der Waals surface area contributed by atoms with Crippen LogP contribution in [-0.4, -0.2) is 25.7 Å². The first-order valence-corrected chi connectivity index (χ1v) is 2.80. The van der Waals surface area contributed by atoms with Crippen LogP contribution in [0.4, 0.5) is 0 Å². The topological polar surface area (TPSA) is 29.5 Å². The zero-order chi connectivity index (χ0) is 5.82. The second-order valence-electron chi connectivity index (χ2n) is 1.85. The van der Waals surface area contributed by atoms with Crippen LogP contribution in [0, 0.1) is 0 Å². The number of ether oxygens (including phenoxy) is 1. The van der Waals surface area contributed by atoms with Crippen molar-refractivity contribution in [1.29, 1.82) is 0 Å². The van der Waals surface area contributed by atoms with Crippen LogP contribution in [0.3, 0.4) is 0 Å². The third-order valence-electron chi connectivity index (χ3n) is 1.26. The van der Waals surface area contributed by atoms with Gasteiger partial charge in [0.2, 0.25) is 0 Å². The lowest BCUT2D eigenvalue weighted by atomic mass is 9.85. The Hall–Kier alpha value is -0.275. The zero-order valence-electron chi connectivity index (χ0n) is 4.76. The Morgan fingerprint density at radius 2 is 2.62 bits per heavy atom. The quantitative estimate of drug-likeness (QED) is 0.469. The summed E-state index contributed by atoms with van der Waals surface area (Å²) in [6.45, 7) is 1.45. The summed E-state index contributed by atoms with van der Waals surface area (Å²) in [6.07, 6.45) is 2.83. The fourth-order valence-corrected chi connectivity index (χ4v) is 0.709. The number of hydrogen-bond donors (Lipinski definition) is 1. The molecule has 1 aliphatic rings.